The predicted octanol–water partition coefficient (Wildman–Crippen LogP) is 0.879. The quantitative estimate of drug-likeness (QED) is 0.785. The lowest BCUT2D eigenvalue weighted by Gasteiger charge is -2.21. The van der Waals surface area contributed by atoms with Gasteiger partial charge < -0.3 is 4.90 Å². The van der Waals surface area contributed by atoms with Gasteiger partial charge in [-0.3, -0.25) is 4.90 Å². The second-order valence-corrected chi connectivity index (χ2v) is 5.96. The number of anilines is 1. The standard InChI is InChI=1S/C14H17N5/c15-5-12-3-4-16-14(17-12)19-8-10-6-18(13-1-2-13)7-11(10)9-19/h3-4,10-11,13H,1-2,6-9H2. The van der Waals surface area contributed by atoms with Crippen molar-refractivity contribution >= 4 is 5.95 Å². The van der Waals surface area contributed by atoms with Crippen LogP contribution < -0.4 is 4.90 Å². The first-order valence-corrected chi connectivity index (χ1v) is 7.05. The Kier molecular flexibility index (Phi) is 2.46. The van der Waals surface area contributed by atoms with E-state index in [1.807, 2.05) is 0 Å². The number of aromatic nitrogens is 2. The zero-order valence-electron chi connectivity index (χ0n) is 10.9. The lowest BCUT2D eigenvalue weighted by molar-refractivity contribution is 0.306. The fraction of sp³-hybridized carbons (Fsp3) is 0.643. The average Bonchev–Trinajstić information content (AvgIpc) is 3.09. The predicted molar refractivity (Wildman–Crippen MR) is 70.5 cm³/mol. The van der Waals surface area contributed by atoms with E-state index < -0.39 is 0 Å². The van der Waals surface area contributed by atoms with Gasteiger partial charge in [0.2, 0.25) is 5.95 Å². The van der Waals surface area contributed by atoms with E-state index in [0.717, 1.165) is 36.9 Å². The number of likely N-dealkylation sites (tertiary alicyclic amines) is 1. The summed E-state index contributed by atoms with van der Waals surface area (Å²) < 4.78 is 0. The SMILES string of the molecule is N#Cc1ccnc(N2CC3CN(C4CC4)CC3C2)n1. The van der Waals surface area contributed by atoms with E-state index in [1.165, 1.54) is 25.9 Å². The van der Waals surface area contributed by atoms with Gasteiger partial charge in [0, 0.05) is 38.4 Å². The molecule has 2 saturated heterocycles. The van der Waals surface area contributed by atoms with Crippen molar-refractivity contribution in [2.45, 2.75) is 18.9 Å². The number of hydrogen-bond donors (Lipinski definition) is 0. The molecule has 1 aliphatic carbocycles. The fourth-order valence-corrected chi connectivity index (χ4v) is 3.49. The Morgan fingerprint density at radius 2 is 1.89 bits per heavy atom. The van der Waals surface area contributed by atoms with Crippen LogP contribution in [0.2, 0.25) is 0 Å². The van der Waals surface area contributed by atoms with E-state index in [9.17, 15) is 0 Å². The Morgan fingerprint density at radius 1 is 1.16 bits per heavy atom. The molecule has 0 bridgehead atoms. The second kappa shape index (κ2) is 4.17. The van der Waals surface area contributed by atoms with Crippen molar-refractivity contribution in [2.75, 3.05) is 31.1 Å². The maximum Gasteiger partial charge on any atom is 0.226 e. The van der Waals surface area contributed by atoms with Crippen molar-refractivity contribution in [3.63, 3.8) is 0 Å². The van der Waals surface area contributed by atoms with Crippen molar-refractivity contribution in [3.05, 3.63) is 18.0 Å². The fourth-order valence-electron chi connectivity index (χ4n) is 3.49. The molecule has 0 spiro atoms. The molecule has 5 heteroatoms. The minimum absolute atomic E-state index is 0.460. The molecule has 4 rings (SSSR count). The molecule has 5 nitrogen and oxygen atoms in total. The largest absolute Gasteiger partial charge is 0.340 e. The summed E-state index contributed by atoms with van der Waals surface area (Å²) in [6, 6.07) is 4.63. The summed E-state index contributed by atoms with van der Waals surface area (Å²) in [4.78, 5) is 13.5. The monoisotopic (exact) mass is 255 g/mol. The van der Waals surface area contributed by atoms with Gasteiger partial charge in [-0.2, -0.15) is 5.26 Å². The highest BCUT2D eigenvalue weighted by molar-refractivity contribution is 5.36. The third-order valence-electron chi connectivity index (χ3n) is 4.62. The maximum absolute atomic E-state index is 8.90. The maximum atomic E-state index is 8.90. The van der Waals surface area contributed by atoms with E-state index >= 15 is 0 Å². The highest BCUT2D eigenvalue weighted by Crippen LogP contribution is 2.38. The van der Waals surface area contributed by atoms with Crippen LogP contribution in [0.3, 0.4) is 0 Å². The van der Waals surface area contributed by atoms with Gasteiger partial charge in [-0.25, -0.2) is 9.97 Å². The van der Waals surface area contributed by atoms with Gasteiger partial charge >= 0.3 is 0 Å². The molecular formula is C14H17N5. The molecule has 2 unspecified atom stereocenters. The van der Waals surface area contributed by atoms with E-state index in [1.54, 1.807) is 12.3 Å². The molecule has 3 heterocycles. The molecule has 3 fully saturated rings. The van der Waals surface area contributed by atoms with Crippen LogP contribution in [0.4, 0.5) is 5.95 Å². The van der Waals surface area contributed by atoms with Crippen LogP contribution in [0.15, 0.2) is 12.3 Å². The Bertz CT molecular complexity index is 519. The zero-order chi connectivity index (χ0) is 12.8. The average molecular weight is 255 g/mol. The first-order valence-electron chi connectivity index (χ1n) is 7.05. The van der Waals surface area contributed by atoms with Crippen molar-refractivity contribution in [1.29, 1.82) is 5.26 Å². The topological polar surface area (TPSA) is 56.1 Å². The minimum atomic E-state index is 0.460. The van der Waals surface area contributed by atoms with Gasteiger partial charge in [-0.15, -0.1) is 0 Å². The third-order valence-corrected chi connectivity index (χ3v) is 4.62. The van der Waals surface area contributed by atoms with Crippen molar-refractivity contribution in [3.8, 4) is 6.07 Å². The first-order chi connectivity index (χ1) is 9.33. The van der Waals surface area contributed by atoms with E-state index in [0.29, 0.717) is 5.69 Å². The van der Waals surface area contributed by atoms with Crippen LogP contribution in [0, 0.1) is 23.2 Å². The number of fused-ring (bicyclic) bond motifs is 1. The molecule has 0 aromatic carbocycles. The Balaban J connectivity index is 1.47. The van der Waals surface area contributed by atoms with E-state index in [2.05, 4.69) is 25.8 Å². The normalized spacial score (nSPS) is 30.4. The molecular weight excluding hydrogens is 238 g/mol. The van der Waals surface area contributed by atoms with Crippen molar-refractivity contribution in [2.24, 2.45) is 11.8 Å². The van der Waals surface area contributed by atoms with Crippen LogP contribution >= 0.6 is 0 Å². The molecule has 0 N–H and O–H groups in total. The summed E-state index contributed by atoms with van der Waals surface area (Å²) in [5, 5.41) is 8.90. The summed E-state index contributed by atoms with van der Waals surface area (Å²) in [5.74, 6) is 2.25. The van der Waals surface area contributed by atoms with Gasteiger partial charge in [0.1, 0.15) is 11.8 Å². The van der Waals surface area contributed by atoms with Crippen molar-refractivity contribution < 1.29 is 0 Å². The van der Waals surface area contributed by atoms with Gasteiger partial charge in [0.05, 0.1) is 0 Å². The summed E-state index contributed by atoms with van der Waals surface area (Å²) in [5.41, 5.74) is 0.460. The smallest absolute Gasteiger partial charge is 0.226 e. The van der Waals surface area contributed by atoms with E-state index in [-0.39, 0.29) is 0 Å². The van der Waals surface area contributed by atoms with Gasteiger partial charge in [0.25, 0.3) is 0 Å². The summed E-state index contributed by atoms with van der Waals surface area (Å²) >= 11 is 0. The number of nitrogens with zero attached hydrogens (tertiary/aromatic N) is 5. The zero-order valence-corrected chi connectivity index (χ0v) is 10.9. The van der Waals surface area contributed by atoms with Crippen LogP contribution in [0.25, 0.3) is 0 Å². The lowest BCUT2D eigenvalue weighted by Crippen LogP contribution is -2.31. The Morgan fingerprint density at radius 3 is 2.53 bits per heavy atom. The van der Waals surface area contributed by atoms with Crippen LogP contribution in [-0.2, 0) is 0 Å². The number of rotatable bonds is 2. The van der Waals surface area contributed by atoms with Crippen LogP contribution in [-0.4, -0.2) is 47.1 Å². The highest BCUT2D eigenvalue weighted by Gasteiger charge is 2.44. The third kappa shape index (κ3) is 1.96. The number of hydrogen-bond acceptors (Lipinski definition) is 5. The molecule has 2 atom stereocenters. The molecule has 1 aromatic heterocycles. The van der Waals surface area contributed by atoms with E-state index in [4.69, 9.17) is 5.26 Å². The molecule has 19 heavy (non-hydrogen) atoms. The Labute approximate surface area is 112 Å². The molecule has 1 aromatic rings. The highest BCUT2D eigenvalue weighted by atomic mass is 15.3. The van der Waals surface area contributed by atoms with Gasteiger partial charge in [-0.1, -0.05) is 0 Å². The van der Waals surface area contributed by atoms with Gasteiger partial charge in [0.15, 0.2) is 0 Å². The summed E-state index contributed by atoms with van der Waals surface area (Å²) in [7, 11) is 0. The molecule has 0 amide bonds. The van der Waals surface area contributed by atoms with Crippen LogP contribution in [0.5, 0.6) is 0 Å². The first kappa shape index (κ1) is 11.2. The van der Waals surface area contributed by atoms with Gasteiger partial charge in [-0.05, 0) is 30.7 Å². The van der Waals surface area contributed by atoms with Crippen molar-refractivity contribution in [1.82, 2.24) is 14.9 Å². The van der Waals surface area contributed by atoms with Crippen LogP contribution in [0.1, 0.15) is 18.5 Å². The summed E-state index contributed by atoms with van der Waals surface area (Å²) in [6.07, 6.45) is 4.48. The summed E-state index contributed by atoms with van der Waals surface area (Å²) in [6.45, 7) is 4.57. The lowest BCUT2D eigenvalue weighted by atomic mass is 10.0. The molecule has 0 radical (unpaired) electrons. The molecule has 3 aliphatic rings. The number of nitriles is 1. The Hall–Kier alpha value is -1.67. The molecule has 1 saturated carbocycles. The molecule has 2 aliphatic heterocycles. The second-order valence-electron chi connectivity index (χ2n) is 5.96. The minimum Gasteiger partial charge on any atom is -0.340 e. The molecule has 98 valence electrons.